The molecule has 0 bridgehead atoms. The zero-order chi connectivity index (χ0) is 13.2. The van der Waals surface area contributed by atoms with Crippen LogP contribution in [0.15, 0.2) is 47.9 Å². The molecule has 0 aliphatic rings. The van der Waals surface area contributed by atoms with Crippen LogP contribution in [0.2, 0.25) is 0 Å². The molecule has 0 aliphatic carbocycles. The van der Waals surface area contributed by atoms with Gasteiger partial charge in [-0.05, 0) is 12.5 Å². The van der Waals surface area contributed by atoms with Crippen LogP contribution in [-0.4, -0.2) is 19.7 Å². The maximum Gasteiger partial charge on any atom is 0.162 e. The fourth-order valence-electron chi connectivity index (χ4n) is 1.99. The van der Waals surface area contributed by atoms with Crippen LogP contribution < -0.4 is 0 Å². The largest absolute Gasteiger partial charge is 0.250 e. The summed E-state index contributed by atoms with van der Waals surface area (Å²) in [6, 6.07) is 10.4. The molecule has 4 nitrogen and oxygen atoms in total. The van der Waals surface area contributed by atoms with Crippen LogP contribution in [0.5, 0.6) is 0 Å². The number of fused-ring (bicyclic) bond motifs is 1. The van der Waals surface area contributed by atoms with Gasteiger partial charge in [-0.25, -0.2) is 9.97 Å². The smallest absolute Gasteiger partial charge is 0.162 e. The van der Waals surface area contributed by atoms with E-state index in [1.807, 2.05) is 19.3 Å². The average molecular weight is 270 g/mol. The minimum Gasteiger partial charge on any atom is -0.250 e. The number of thioether (sulfide) groups is 1. The molecule has 2 heterocycles. The minimum atomic E-state index is 0.347. The summed E-state index contributed by atoms with van der Waals surface area (Å²) < 4.78 is 1.77. The number of aromatic nitrogens is 4. The molecule has 96 valence electrons. The van der Waals surface area contributed by atoms with E-state index in [1.54, 1.807) is 22.8 Å². The molecule has 0 N–H and O–H groups in total. The Balaban J connectivity index is 1.93. The summed E-state index contributed by atoms with van der Waals surface area (Å²) in [4.78, 5) is 8.64. The third-order valence-corrected chi connectivity index (χ3v) is 4.22. The maximum absolute atomic E-state index is 4.38. The summed E-state index contributed by atoms with van der Waals surface area (Å²) in [7, 11) is 1.89. The maximum atomic E-state index is 4.38. The predicted molar refractivity (Wildman–Crippen MR) is 77.0 cm³/mol. The van der Waals surface area contributed by atoms with Gasteiger partial charge in [0.25, 0.3) is 0 Å². The van der Waals surface area contributed by atoms with Crippen molar-refractivity contribution in [2.24, 2.45) is 7.05 Å². The standard InChI is InChI=1S/C14H14N4S/c1-10(11-6-4-3-5-7-11)19-14-12-8-17-18(2)13(12)15-9-16-14/h3-10H,1-2H3. The van der Waals surface area contributed by atoms with Gasteiger partial charge in [-0.3, -0.25) is 4.68 Å². The van der Waals surface area contributed by atoms with Crippen molar-refractivity contribution in [3.8, 4) is 0 Å². The van der Waals surface area contributed by atoms with Crippen molar-refractivity contribution >= 4 is 22.8 Å². The summed E-state index contributed by atoms with van der Waals surface area (Å²) in [5.74, 6) is 0. The van der Waals surface area contributed by atoms with E-state index in [0.29, 0.717) is 5.25 Å². The van der Waals surface area contributed by atoms with E-state index >= 15 is 0 Å². The molecule has 1 atom stereocenters. The monoisotopic (exact) mass is 270 g/mol. The lowest BCUT2D eigenvalue weighted by Gasteiger charge is -2.11. The lowest BCUT2D eigenvalue weighted by atomic mass is 10.2. The number of rotatable bonds is 3. The second-order valence-corrected chi connectivity index (χ2v) is 5.68. The highest BCUT2D eigenvalue weighted by molar-refractivity contribution is 7.99. The van der Waals surface area contributed by atoms with Crippen LogP contribution in [-0.2, 0) is 7.05 Å². The Morgan fingerprint density at radius 2 is 1.95 bits per heavy atom. The molecular formula is C14H14N4S. The van der Waals surface area contributed by atoms with Gasteiger partial charge in [-0.2, -0.15) is 5.10 Å². The Hall–Kier alpha value is -1.88. The van der Waals surface area contributed by atoms with Gasteiger partial charge >= 0.3 is 0 Å². The number of nitrogens with zero attached hydrogens (tertiary/aromatic N) is 4. The van der Waals surface area contributed by atoms with Gasteiger partial charge in [-0.15, -0.1) is 0 Å². The van der Waals surface area contributed by atoms with E-state index in [2.05, 4.69) is 46.3 Å². The molecule has 2 aromatic heterocycles. The van der Waals surface area contributed by atoms with Crippen LogP contribution in [0, 0.1) is 0 Å². The van der Waals surface area contributed by atoms with Crippen molar-refractivity contribution < 1.29 is 0 Å². The fraction of sp³-hybridized carbons (Fsp3) is 0.214. The molecule has 0 spiro atoms. The molecule has 1 unspecified atom stereocenters. The third-order valence-electron chi connectivity index (χ3n) is 3.05. The Labute approximate surface area is 115 Å². The predicted octanol–water partition coefficient (Wildman–Crippen LogP) is 3.22. The summed E-state index contributed by atoms with van der Waals surface area (Å²) in [5.41, 5.74) is 2.17. The Morgan fingerprint density at radius 1 is 1.16 bits per heavy atom. The van der Waals surface area contributed by atoms with E-state index in [4.69, 9.17) is 0 Å². The highest BCUT2D eigenvalue weighted by atomic mass is 32.2. The first kappa shape index (κ1) is 12.2. The van der Waals surface area contributed by atoms with Crippen molar-refractivity contribution in [3.63, 3.8) is 0 Å². The lowest BCUT2D eigenvalue weighted by molar-refractivity contribution is 0.784. The van der Waals surface area contributed by atoms with Crippen LogP contribution in [0.1, 0.15) is 17.7 Å². The number of hydrogen-bond donors (Lipinski definition) is 0. The SMILES string of the molecule is CC(Sc1ncnc2c1cnn2C)c1ccccc1. The summed E-state index contributed by atoms with van der Waals surface area (Å²) >= 11 is 1.74. The topological polar surface area (TPSA) is 43.6 Å². The highest BCUT2D eigenvalue weighted by Crippen LogP contribution is 2.36. The minimum absolute atomic E-state index is 0.347. The zero-order valence-corrected chi connectivity index (χ0v) is 11.6. The van der Waals surface area contributed by atoms with Crippen LogP contribution in [0.4, 0.5) is 0 Å². The zero-order valence-electron chi connectivity index (χ0n) is 10.8. The van der Waals surface area contributed by atoms with E-state index in [1.165, 1.54) is 5.56 Å². The van der Waals surface area contributed by atoms with Gasteiger partial charge < -0.3 is 0 Å². The Bertz CT molecular complexity index is 693. The first-order valence-corrected chi connectivity index (χ1v) is 6.98. The average Bonchev–Trinajstić information content (AvgIpc) is 2.83. The van der Waals surface area contributed by atoms with Crippen molar-refractivity contribution in [2.75, 3.05) is 0 Å². The van der Waals surface area contributed by atoms with Crippen LogP contribution in [0.25, 0.3) is 11.0 Å². The molecule has 0 radical (unpaired) electrons. The van der Waals surface area contributed by atoms with Gasteiger partial charge in [0, 0.05) is 12.3 Å². The summed E-state index contributed by atoms with van der Waals surface area (Å²) in [5, 5.41) is 6.58. The summed E-state index contributed by atoms with van der Waals surface area (Å²) in [6.45, 7) is 2.18. The molecule has 0 amide bonds. The molecule has 0 aliphatic heterocycles. The normalized spacial score (nSPS) is 12.7. The van der Waals surface area contributed by atoms with Gasteiger partial charge in [0.1, 0.15) is 11.4 Å². The molecular weight excluding hydrogens is 256 g/mol. The first-order valence-electron chi connectivity index (χ1n) is 6.10. The quantitative estimate of drug-likeness (QED) is 0.541. The summed E-state index contributed by atoms with van der Waals surface area (Å²) in [6.07, 6.45) is 3.43. The molecule has 3 aromatic rings. The molecule has 1 aromatic carbocycles. The van der Waals surface area contributed by atoms with E-state index < -0.39 is 0 Å². The molecule has 5 heteroatoms. The molecule has 19 heavy (non-hydrogen) atoms. The first-order chi connectivity index (χ1) is 9.25. The van der Waals surface area contributed by atoms with Crippen molar-refractivity contribution in [1.29, 1.82) is 0 Å². The molecule has 0 saturated carbocycles. The number of hydrogen-bond acceptors (Lipinski definition) is 4. The van der Waals surface area contributed by atoms with Crippen LogP contribution in [0.3, 0.4) is 0 Å². The van der Waals surface area contributed by atoms with E-state index in [-0.39, 0.29) is 0 Å². The van der Waals surface area contributed by atoms with Crippen LogP contribution >= 0.6 is 11.8 Å². The number of aryl methyl sites for hydroxylation is 1. The highest BCUT2D eigenvalue weighted by Gasteiger charge is 2.13. The van der Waals surface area contributed by atoms with E-state index in [0.717, 1.165) is 16.1 Å². The van der Waals surface area contributed by atoms with Gasteiger partial charge in [0.05, 0.1) is 11.6 Å². The fourth-order valence-corrected chi connectivity index (χ4v) is 3.00. The Kier molecular flexibility index (Phi) is 3.21. The molecule has 3 rings (SSSR count). The Morgan fingerprint density at radius 3 is 2.74 bits per heavy atom. The van der Waals surface area contributed by atoms with Crippen molar-refractivity contribution in [2.45, 2.75) is 17.2 Å². The third kappa shape index (κ3) is 2.33. The van der Waals surface area contributed by atoms with E-state index in [9.17, 15) is 0 Å². The number of benzene rings is 1. The van der Waals surface area contributed by atoms with Crippen molar-refractivity contribution in [1.82, 2.24) is 19.7 Å². The van der Waals surface area contributed by atoms with Gasteiger partial charge in [-0.1, -0.05) is 42.1 Å². The van der Waals surface area contributed by atoms with Crippen molar-refractivity contribution in [3.05, 3.63) is 48.4 Å². The van der Waals surface area contributed by atoms with Gasteiger partial charge in [0.15, 0.2) is 5.65 Å². The lowest BCUT2D eigenvalue weighted by Crippen LogP contribution is -1.94. The second kappa shape index (κ2) is 5.01. The second-order valence-electron chi connectivity index (χ2n) is 4.36. The molecule has 0 saturated heterocycles. The van der Waals surface area contributed by atoms with Gasteiger partial charge in [0.2, 0.25) is 0 Å². The molecule has 0 fully saturated rings.